The Morgan fingerprint density at radius 1 is 0.594 bits per heavy atom. The molecule has 2 amide bonds. The first-order valence-corrected chi connectivity index (χ1v) is 10.3. The largest absolute Gasteiger partial charge is 0.273 e. The molecule has 0 unspecified atom stereocenters. The summed E-state index contributed by atoms with van der Waals surface area (Å²) in [5.74, 6) is -0.677. The zero-order valence-corrected chi connectivity index (χ0v) is 17.4. The highest BCUT2D eigenvalue weighted by molar-refractivity contribution is 6.01. The van der Waals surface area contributed by atoms with Gasteiger partial charge in [-0.1, -0.05) is 84.9 Å². The normalized spacial score (nSPS) is 11.4. The number of rotatable bonds is 7. The van der Waals surface area contributed by atoms with Crippen LogP contribution in [0.5, 0.6) is 0 Å². The Morgan fingerprint density at radius 2 is 1.00 bits per heavy atom. The summed E-state index contributed by atoms with van der Waals surface area (Å²) in [6.45, 7) is 0. The summed E-state index contributed by atoms with van der Waals surface area (Å²) in [6.07, 6.45) is 3.24. The highest BCUT2D eigenvalue weighted by atomic mass is 16.2. The molecule has 4 aromatic rings. The Morgan fingerprint density at radius 3 is 1.47 bits per heavy atom. The number of benzene rings is 4. The summed E-state index contributed by atoms with van der Waals surface area (Å²) >= 11 is 0. The zero-order valence-electron chi connectivity index (χ0n) is 17.4. The van der Waals surface area contributed by atoms with Crippen molar-refractivity contribution in [1.29, 1.82) is 0 Å². The van der Waals surface area contributed by atoms with Crippen molar-refractivity contribution in [2.75, 3.05) is 0 Å². The molecule has 32 heavy (non-hydrogen) atoms. The number of hydrazone groups is 2. The van der Waals surface area contributed by atoms with Crippen LogP contribution in [0.1, 0.15) is 24.0 Å². The third kappa shape index (κ3) is 5.23. The van der Waals surface area contributed by atoms with Gasteiger partial charge in [0.05, 0.1) is 12.4 Å². The standard InChI is InChI=1S/C26H22N4O2/c31-25(29-27-17-21-11-5-9-19-7-1-3-13-23(19)21)15-16-26(32)30-28-18-22-12-6-10-20-8-2-4-14-24(20)22/h1-14,17-18H,15-16H2,(H,29,31)(H,30,32). The summed E-state index contributed by atoms with van der Waals surface area (Å²) in [4.78, 5) is 24.0. The minimum Gasteiger partial charge on any atom is -0.273 e. The van der Waals surface area contributed by atoms with Crippen LogP contribution in [0.4, 0.5) is 0 Å². The fraction of sp³-hybridized carbons (Fsp3) is 0.0769. The van der Waals surface area contributed by atoms with E-state index in [-0.39, 0.29) is 24.7 Å². The van der Waals surface area contributed by atoms with E-state index in [1.807, 2.05) is 84.9 Å². The third-order valence-corrected chi connectivity index (χ3v) is 5.01. The Bertz CT molecular complexity index is 1210. The first-order valence-electron chi connectivity index (χ1n) is 10.3. The van der Waals surface area contributed by atoms with E-state index in [1.165, 1.54) is 0 Å². The topological polar surface area (TPSA) is 82.9 Å². The van der Waals surface area contributed by atoms with Gasteiger partial charge in [-0.2, -0.15) is 10.2 Å². The van der Waals surface area contributed by atoms with Gasteiger partial charge < -0.3 is 0 Å². The average molecular weight is 422 g/mol. The number of nitrogens with zero attached hydrogens (tertiary/aromatic N) is 2. The minimum atomic E-state index is -0.338. The van der Waals surface area contributed by atoms with Crippen molar-refractivity contribution in [1.82, 2.24) is 10.9 Å². The molecular formula is C26H22N4O2. The molecule has 0 aromatic heterocycles. The van der Waals surface area contributed by atoms with E-state index in [0.29, 0.717) is 0 Å². The van der Waals surface area contributed by atoms with E-state index in [1.54, 1.807) is 12.4 Å². The maximum Gasteiger partial charge on any atom is 0.240 e. The molecule has 4 rings (SSSR count). The Kier molecular flexibility index (Phi) is 6.63. The fourth-order valence-corrected chi connectivity index (χ4v) is 3.41. The van der Waals surface area contributed by atoms with E-state index in [2.05, 4.69) is 21.1 Å². The molecule has 158 valence electrons. The molecule has 6 nitrogen and oxygen atoms in total. The molecule has 2 N–H and O–H groups in total. The number of hydrogen-bond donors (Lipinski definition) is 2. The molecule has 0 atom stereocenters. The molecule has 0 aliphatic carbocycles. The lowest BCUT2D eigenvalue weighted by molar-refractivity contribution is -0.126. The van der Waals surface area contributed by atoms with E-state index in [0.717, 1.165) is 32.7 Å². The Hall–Kier alpha value is -4.32. The third-order valence-electron chi connectivity index (χ3n) is 5.01. The molecule has 0 aliphatic heterocycles. The van der Waals surface area contributed by atoms with Crippen LogP contribution >= 0.6 is 0 Å². The Balaban J connectivity index is 1.25. The maximum absolute atomic E-state index is 12.0. The first kappa shape index (κ1) is 20.9. The van der Waals surface area contributed by atoms with Gasteiger partial charge in [-0.15, -0.1) is 0 Å². The highest BCUT2D eigenvalue weighted by Crippen LogP contribution is 2.17. The summed E-state index contributed by atoms with van der Waals surface area (Å²) < 4.78 is 0. The van der Waals surface area contributed by atoms with Crippen LogP contribution in [0.25, 0.3) is 21.5 Å². The van der Waals surface area contributed by atoms with Crippen LogP contribution in [0.3, 0.4) is 0 Å². The van der Waals surface area contributed by atoms with Crippen molar-refractivity contribution in [3.63, 3.8) is 0 Å². The van der Waals surface area contributed by atoms with Gasteiger partial charge in [0.2, 0.25) is 11.8 Å². The summed E-state index contributed by atoms with van der Waals surface area (Å²) in [7, 11) is 0. The Labute approximate surface area is 185 Å². The van der Waals surface area contributed by atoms with Crippen LogP contribution in [0, 0.1) is 0 Å². The molecule has 0 bridgehead atoms. The van der Waals surface area contributed by atoms with Gasteiger partial charge in [0.1, 0.15) is 0 Å². The number of amides is 2. The van der Waals surface area contributed by atoms with E-state index in [9.17, 15) is 9.59 Å². The molecule has 4 aromatic carbocycles. The van der Waals surface area contributed by atoms with Gasteiger partial charge in [0.15, 0.2) is 0 Å². The number of fused-ring (bicyclic) bond motifs is 2. The number of carbonyl (C=O) groups excluding carboxylic acids is 2. The second-order valence-corrected chi connectivity index (χ2v) is 7.22. The van der Waals surface area contributed by atoms with Gasteiger partial charge in [0.25, 0.3) is 0 Å². The molecule has 0 saturated carbocycles. The summed E-state index contributed by atoms with van der Waals surface area (Å²) in [5.41, 5.74) is 6.74. The van der Waals surface area contributed by atoms with E-state index in [4.69, 9.17) is 0 Å². The maximum atomic E-state index is 12.0. The van der Waals surface area contributed by atoms with E-state index >= 15 is 0 Å². The molecule has 6 heteroatoms. The quantitative estimate of drug-likeness (QED) is 0.342. The molecule has 0 saturated heterocycles. The highest BCUT2D eigenvalue weighted by Gasteiger charge is 2.06. The second-order valence-electron chi connectivity index (χ2n) is 7.22. The number of nitrogens with one attached hydrogen (secondary N) is 2. The lowest BCUT2D eigenvalue weighted by Gasteiger charge is -2.03. The van der Waals surface area contributed by atoms with Crippen molar-refractivity contribution >= 4 is 45.8 Å². The van der Waals surface area contributed by atoms with Gasteiger partial charge in [-0.3, -0.25) is 9.59 Å². The van der Waals surface area contributed by atoms with Crippen LogP contribution in [0.15, 0.2) is 95.1 Å². The summed E-state index contributed by atoms with van der Waals surface area (Å²) in [5, 5.41) is 12.3. The van der Waals surface area contributed by atoms with E-state index < -0.39 is 0 Å². The molecule has 0 radical (unpaired) electrons. The van der Waals surface area contributed by atoms with Gasteiger partial charge in [-0.05, 0) is 21.5 Å². The van der Waals surface area contributed by atoms with Gasteiger partial charge in [-0.25, -0.2) is 10.9 Å². The van der Waals surface area contributed by atoms with Gasteiger partial charge in [0, 0.05) is 24.0 Å². The van der Waals surface area contributed by atoms with Crippen molar-refractivity contribution in [3.8, 4) is 0 Å². The van der Waals surface area contributed by atoms with Gasteiger partial charge >= 0.3 is 0 Å². The zero-order chi connectivity index (χ0) is 22.2. The molecule has 0 aliphatic rings. The van der Waals surface area contributed by atoms with Crippen molar-refractivity contribution in [2.45, 2.75) is 12.8 Å². The lowest BCUT2D eigenvalue weighted by Crippen LogP contribution is -2.22. The van der Waals surface area contributed by atoms with Crippen molar-refractivity contribution in [2.24, 2.45) is 10.2 Å². The molecule has 0 spiro atoms. The van der Waals surface area contributed by atoms with Crippen molar-refractivity contribution in [3.05, 3.63) is 96.1 Å². The summed E-state index contributed by atoms with van der Waals surface area (Å²) in [6, 6.07) is 27.7. The minimum absolute atomic E-state index is 0.0164. The average Bonchev–Trinajstić information content (AvgIpc) is 2.83. The van der Waals surface area contributed by atoms with Crippen LogP contribution in [-0.4, -0.2) is 24.2 Å². The second kappa shape index (κ2) is 10.1. The number of carbonyl (C=O) groups is 2. The smallest absolute Gasteiger partial charge is 0.240 e. The lowest BCUT2D eigenvalue weighted by atomic mass is 10.1. The van der Waals surface area contributed by atoms with Crippen LogP contribution in [-0.2, 0) is 9.59 Å². The first-order chi connectivity index (χ1) is 15.7. The number of hydrogen-bond acceptors (Lipinski definition) is 4. The van der Waals surface area contributed by atoms with Crippen LogP contribution in [0.2, 0.25) is 0 Å². The fourth-order valence-electron chi connectivity index (χ4n) is 3.41. The molecule has 0 heterocycles. The predicted octanol–water partition coefficient (Wildman–Crippen LogP) is 4.37. The van der Waals surface area contributed by atoms with Crippen molar-refractivity contribution < 1.29 is 9.59 Å². The SMILES string of the molecule is O=C(CCC(=O)NN=Cc1cccc2ccccc12)NN=Cc1cccc2ccccc12. The molecular weight excluding hydrogens is 400 g/mol. The molecule has 0 fully saturated rings. The monoisotopic (exact) mass is 422 g/mol. The van der Waals surface area contributed by atoms with Crippen LogP contribution < -0.4 is 10.9 Å². The predicted molar refractivity (Wildman–Crippen MR) is 129 cm³/mol.